The molecule has 0 aliphatic rings. The van der Waals surface area contributed by atoms with Crippen LogP contribution in [-0.2, 0) is 4.29 Å². The quantitative estimate of drug-likeness (QED) is 0.493. The van der Waals surface area contributed by atoms with Crippen LogP contribution in [0.5, 0.6) is 0 Å². The van der Waals surface area contributed by atoms with E-state index in [1.807, 2.05) is 0 Å². The van der Waals surface area contributed by atoms with Gasteiger partial charge in [0.05, 0.1) is 14.5 Å². The molecule has 0 fully saturated rings. The summed E-state index contributed by atoms with van der Waals surface area (Å²) in [7, 11) is -4.24. The average Bonchev–Trinajstić information content (AvgIpc) is 1.81. The summed E-state index contributed by atoms with van der Waals surface area (Å²) in [4.78, 5) is 0. The molecule has 5 heteroatoms. The van der Waals surface area contributed by atoms with E-state index in [2.05, 4.69) is 4.29 Å². The Labute approximate surface area is 62.2 Å². The first-order valence-electron chi connectivity index (χ1n) is 3.08. The van der Waals surface area contributed by atoms with E-state index in [-0.39, 0.29) is 0 Å². The fourth-order valence-corrected chi connectivity index (χ4v) is 1.13. The minimum absolute atomic E-state index is 0.468. The van der Waals surface area contributed by atoms with Crippen LogP contribution in [0.4, 0.5) is 0 Å². The molecule has 0 radical (unpaired) electrons. The summed E-state index contributed by atoms with van der Waals surface area (Å²) in [5, 5.41) is 0. The normalized spacial score (nSPS) is 12.6. The molecule has 0 spiro atoms. The summed E-state index contributed by atoms with van der Waals surface area (Å²) in [6.07, 6.45) is 0.597. The Morgan fingerprint density at radius 2 is 1.60 bits per heavy atom. The molecule has 0 aromatic rings. The zero-order valence-corrected chi connectivity index (χ0v) is 6.76. The highest BCUT2D eigenvalue weighted by Crippen LogP contribution is 2.06. The van der Waals surface area contributed by atoms with E-state index >= 15 is 0 Å². The van der Waals surface area contributed by atoms with Crippen molar-refractivity contribution in [3.05, 3.63) is 0 Å². The smallest absolute Gasteiger partial charge is 0.183 e. The van der Waals surface area contributed by atoms with Gasteiger partial charge in [0.15, 0.2) is 0 Å². The molecule has 0 saturated heterocycles. The predicted molar refractivity (Wildman–Crippen MR) is 25.5 cm³/mol. The van der Waals surface area contributed by atoms with Gasteiger partial charge in [-0.2, -0.15) is 14.0 Å². The predicted octanol–water partition coefficient (Wildman–Crippen LogP) is -1.91. The van der Waals surface area contributed by atoms with Gasteiger partial charge in [-0.3, -0.25) is 0 Å². The molecule has 4 nitrogen and oxygen atoms in total. The third-order valence-corrected chi connectivity index (χ3v) is 1.62. The lowest BCUT2D eigenvalue weighted by molar-refractivity contribution is -1.92. The van der Waals surface area contributed by atoms with Gasteiger partial charge in [-0.05, 0) is 12.8 Å². The topological polar surface area (TPSA) is 78.4 Å². The Bertz CT molecular complexity index is 86.1. The first-order chi connectivity index (χ1) is 4.49. The monoisotopic (exact) mass is 170 g/mol. The third kappa shape index (κ3) is 4.96. The number of hydrogen-bond acceptors (Lipinski definition) is 4. The van der Waals surface area contributed by atoms with Crippen LogP contribution >= 0.6 is 0 Å². The molecule has 0 heterocycles. The molecule has 0 aliphatic carbocycles. The van der Waals surface area contributed by atoms with Gasteiger partial charge in [0.25, 0.3) is 0 Å². The van der Waals surface area contributed by atoms with Crippen molar-refractivity contribution in [2.45, 2.75) is 32.8 Å². The molecule has 62 valence electrons. The lowest BCUT2D eigenvalue weighted by Gasteiger charge is -2.16. The molecule has 0 rings (SSSR count). The van der Waals surface area contributed by atoms with E-state index < -0.39 is 16.3 Å². The first-order valence-corrected chi connectivity index (χ1v) is 4.32. The number of halogens is 1. The van der Waals surface area contributed by atoms with Crippen molar-refractivity contribution in [1.29, 1.82) is 0 Å². The number of rotatable bonds is 4. The van der Waals surface area contributed by atoms with Crippen LogP contribution in [0.1, 0.15) is 26.7 Å². The Kier molecular flexibility index (Phi) is 4.15. The minimum atomic E-state index is -4.24. The van der Waals surface area contributed by atoms with Gasteiger partial charge >= 0.3 is 0 Å². The molecule has 0 bridgehead atoms. The molecule has 0 atom stereocenters. The SMILES string of the molecule is CCC(CC)O[Cl+3]([O-])([O-])[O-]. The molecule has 0 unspecified atom stereocenters. The maximum atomic E-state index is 9.95. The summed E-state index contributed by atoms with van der Waals surface area (Å²) < 4.78 is 34.0. The highest BCUT2D eigenvalue weighted by Gasteiger charge is 2.24. The second-order valence-corrected chi connectivity index (χ2v) is 2.84. The summed E-state index contributed by atoms with van der Waals surface area (Å²) in [6, 6.07) is 0. The summed E-state index contributed by atoms with van der Waals surface area (Å²) in [5.74, 6) is 0. The van der Waals surface area contributed by atoms with Gasteiger partial charge in [0.2, 0.25) is 6.10 Å². The van der Waals surface area contributed by atoms with Crippen molar-refractivity contribution in [2.75, 3.05) is 0 Å². The first kappa shape index (κ1) is 10.1. The van der Waals surface area contributed by atoms with Crippen molar-refractivity contribution in [3.8, 4) is 0 Å². The summed E-state index contributed by atoms with van der Waals surface area (Å²) in [5.41, 5.74) is 0. The number of hydrogen-bond donors (Lipinski definition) is 0. The lowest BCUT2D eigenvalue weighted by Crippen LogP contribution is -2.62. The van der Waals surface area contributed by atoms with Gasteiger partial charge in [0, 0.05) is 0 Å². The van der Waals surface area contributed by atoms with Crippen LogP contribution in [0.25, 0.3) is 0 Å². The molecule has 0 aromatic carbocycles. The largest absolute Gasteiger partial charge is 0.213 e. The lowest BCUT2D eigenvalue weighted by atomic mass is 10.2. The highest BCUT2D eigenvalue weighted by atomic mass is 35.7. The molecule has 0 saturated carbocycles. The zero-order valence-electron chi connectivity index (χ0n) is 6.00. The second kappa shape index (κ2) is 4.10. The van der Waals surface area contributed by atoms with Crippen LogP contribution in [0.2, 0.25) is 0 Å². The van der Waals surface area contributed by atoms with Gasteiger partial charge < -0.3 is 0 Å². The molecule has 0 aliphatic heterocycles. The molecule has 0 aromatic heterocycles. The third-order valence-electron chi connectivity index (χ3n) is 1.15. The van der Waals surface area contributed by atoms with Crippen molar-refractivity contribution in [3.63, 3.8) is 0 Å². The van der Waals surface area contributed by atoms with Crippen molar-refractivity contribution in [1.82, 2.24) is 0 Å². The fourth-order valence-electron chi connectivity index (χ4n) is 0.569. The van der Waals surface area contributed by atoms with Crippen molar-refractivity contribution < 1.29 is 28.5 Å². The minimum Gasteiger partial charge on any atom is -0.183 e. The van der Waals surface area contributed by atoms with Gasteiger partial charge in [-0.25, -0.2) is 0 Å². The Morgan fingerprint density at radius 3 is 1.70 bits per heavy atom. The molecular formula is C5H11ClO4. The fraction of sp³-hybridized carbons (Fsp3) is 1.00. The Balaban J connectivity index is 3.63. The van der Waals surface area contributed by atoms with Crippen LogP contribution in [0.15, 0.2) is 0 Å². The van der Waals surface area contributed by atoms with Crippen molar-refractivity contribution >= 4 is 0 Å². The van der Waals surface area contributed by atoms with Crippen molar-refractivity contribution in [2.24, 2.45) is 0 Å². The maximum absolute atomic E-state index is 9.95. The van der Waals surface area contributed by atoms with Crippen LogP contribution in [0.3, 0.4) is 0 Å². The van der Waals surface area contributed by atoms with Crippen LogP contribution in [-0.4, -0.2) is 6.10 Å². The van der Waals surface area contributed by atoms with E-state index in [0.29, 0.717) is 12.8 Å². The summed E-state index contributed by atoms with van der Waals surface area (Å²) >= 11 is 0. The van der Waals surface area contributed by atoms with Gasteiger partial charge in [0.1, 0.15) is 0 Å². The molecule has 0 N–H and O–H groups in total. The van der Waals surface area contributed by atoms with Crippen LogP contribution < -0.4 is 14.0 Å². The van der Waals surface area contributed by atoms with Gasteiger partial charge in [-0.1, -0.05) is 13.8 Å². The Morgan fingerprint density at radius 1 is 1.20 bits per heavy atom. The standard InChI is InChI=1S/C5H11ClO4/c1-3-5(4-2)10-6(7,8)9/h5H,3-4H2,1-2H3. The Hall–Kier alpha value is 0.130. The molecular weight excluding hydrogens is 160 g/mol. The summed E-state index contributed by atoms with van der Waals surface area (Å²) in [6.45, 7) is 3.52. The van der Waals surface area contributed by atoms with E-state index in [1.54, 1.807) is 13.8 Å². The highest BCUT2D eigenvalue weighted by molar-refractivity contribution is 4.45. The van der Waals surface area contributed by atoms with E-state index in [0.717, 1.165) is 0 Å². The van der Waals surface area contributed by atoms with Crippen LogP contribution in [0, 0.1) is 10.2 Å². The van der Waals surface area contributed by atoms with Gasteiger partial charge in [-0.15, -0.1) is 0 Å². The molecule has 10 heavy (non-hydrogen) atoms. The van der Waals surface area contributed by atoms with E-state index in [9.17, 15) is 14.0 Å². The van der Waals surface area contributed by atoms with E-state index in [4.69, 9.17) is 0 Å². The van der Waals surface area contributed by atoms with E-state index in [1.165, 1.54) is 0 Å². The maximum Gasteiger partial charge on any atom is 0.213 e. The zero-order chi connectivity index (χ0) is 8.20. The molecule has 0 amide bonds. The average molecular weight is 171 g/mol. The second-order valence-electron chi connectivity index (χ2n) is 1.91.